The summed E-state index contributed by atoms with van der Waals surface area (Å²) in [5.74, 6) is 0. The third kappa shape index (κ3) is 4.59. The standard InChI is InChI=1S/C46H31OP/c47-48(36-18-8-3-9-19-36,37-24-26-39-34(28-37)30-45(32-14-4-1-5-15-32)43-22-12-10-20-41(39)43)38-25-27-40-35(29-38)31-46(33-16-6-2-7-17-33)44-23-13-11-21-42(40)44/h1-31H. The molecule has 2 heteroatoms. The molecule has 0 heterocycles. The second kappa shape index (κ2) is 11.5. The van der Waals surface area contributed by atoms with E-state index < -0.39 is 7.14 Å². The summed E-state index contributed by atoms with van der Waals surface area (Å²) in [5, 5.41) is 11.8. The molecule has 0 N–H and O–H groups in total. The zero-order valence-electron chi connectivity index (χ0n) is 26.3. The monoisotopic (exact) mass is 630 g/mol. The van der Waals surface area contributed by atoms with E-state index in [-0.39, 0.29) is 0 Å². The Hall–Kier alpha value is -5.75. The van der Waals surface area contributed by atoms with Crippen LogP contribution in [0.4, 0.5) is 0 Å². The highest BCUT2D eigenvalue weighted by Crippen LogP contribution is 2.45. The maximum absolute atomic E-state index is 15.9. The Kier molecular flexibility index (Phi) is 6.82. The van der Waals surface area contributed by atoms with Crippen molar-refractivity contribution in [1.82, 2.24) is 0 Å². The quantitative estimate of drug-likeness (QED) is 0.137. The Bertz CT molecular complexity index is 2510. The van der Waals surface area contributed by atoms with Crippen molar-refractivity contribution in [3.8, 4) is 22.3 Å². The minimum Gasteiger partial charge on any atom is -0.309 e. The summed E-state index contributed by atoms with van der Waals surface area (Å²) in [7, 11) is -3.28. The third-order valence-corrected chi connectivity index (χ3v) is 12.7. The van der Waals surface area contributed by atoms with Crippen molar-refractivity contribution in [2.24, 2.45) is 0 Å². The minimum absolute atomic E-state index is 0.830. The Morgan fingerprint density at radius 1 is 0.292 bits per heavy atom. The molecule has 0 aliphatic rings. The van der Waals surface area contributed by atoms with Crippen LogP contribution in [0.5, 0.6) is 0 Å². The highest BCUT2D eigenvalue weighted by Gasteiger charge is 2.30. The van der Waals surface area contributed by atoms with E-state index in [1.807, 2.05) is 30.3 Å². The largest absolute Gasteiger partial charge is 0.309 e. The van der Waals surface area contributed by atoms with Gasteiger partial charge in [-0.3, -0.25) is 0 Å². The zero-order chi connectivity index (χ0) is 32.1. The smallest absolute Gasteiger partial charge is 0.171 e. The summed E-state index contributed by atoms with van der Waals surface area (Å²) < 4.78 is 15.9. The molecule has 9 aromatic rings. The van der Waals surface area contributed by atoms with Crippen molar-refractivity contribution in [2.45, 2.75) is 0 Å². The van der Waals surface area contributed by atoms with Gasteiger partial charge in [-0.25, -0.2) is 0 Å². The summed E-state index contributed by atoms with van der Waals surface area (Å²) in [4.78, 5) is 0. The zero-order valence-corrected chi connectivity index (χ0v) is 27.1. The predicted octanol–water partition coefficient (Wildman–Crippen LogP) is 11.3. The van der Waals surface area contributed by atoms with E-state index >= 15 is 4.57 Å². The van der Waals surface area contributed by atoms with Crippen molar-refractivity contribution in [3.05, 3.63) is 188 Å². The molecule has 0 aromatic heterocycles. The van der Waals surface area contributed by atoms with E-state index in [1.165, 1.54) is 43.8 Å². The number of hydrogen-bond donors (Lipinski definition) is 0. The third-order valence-electron chi connectivity index (χ3n) is 9.70. The number of benzene rings is 9. The molecular weight excluding hydrogens is 599 g/mol. The van der Waals surface area contributed by atoms with Crippen LogP contribution in [0.3, 0.4) is 0 Å². The van der Waals surface area contributed by atoms with Crippen LogP contribution in [-0.4, -0.2) is 0 Å². The van der Waals surface area contributed by atoms with E-state index in [2.05, 4.69) is 158 Å². The fourth-order valence-corrected chi connectivity index (χ4v) is 10.1. The molecule has 0 unspecified atom stereocenters. The summed E-state index contributed by atoms with van der Waals surface area (Å²) >= 11 is 0. The molecule has 48 heavy (non-hydrogen) atoms. The van der Waals surface area contributed by atoms with Crippen LogP contribution < -0.4 is 15.9 Å². The number of rotatable bonds is 5. The Balaban J connectivity index is 1.30. The molecule has 0 bridgehead atoms. The van der Waals surface area contributed by atoms with Gasteiger partial charge in [0.15, 0.2) is 7.14 Å². The van der Waals surface area contributed by atoms with Gasteiger partial charge in [0, 0.05) is 15.9 Å². The predicted molar refractivity (Wildman–Crippen MR) is 207 cm³/mol. The molecular formula is C46H31OP. The van der Waals surface area contributed by atoms with Crippen LogP contribution in [0.1, 0.15) is 0 Å². The molecule has 0 atom stereocenters. The number of fused-ring (bicyclic) bond motifs is 6. The molecule has 0 radical (unpaired) electrons. The van der Waals surface area contributed by atoms with Gasteiger partial charge in [0.2, 0.25) is 0 Å². The van der Waals surface area contributed by atoms with E-state index in [9.17, 15) is 0 Å². The first-order valence-corrected chi connectivity index (χ1v) is 18.1. The lowest BCUT2D eigenvalue weighted by Gasteiger charge is -2.22. The maximum Gasteiger partial charge on any atom is 0.171 e. The lowest BCUT2D eigenvalue weighted by atomic mass is 9.93. The molecule has 0 fully saturated rings. The van der Waals surface area contributed by atoms with Crippen LogP contribution in [0.2, 0.25) is 0 Å². The van der Waals surface area contributed by atoms with Crippen molar-refractivity contribution in [1.29, 1.82) is 0 Å². The molecule has 9 aromatic carbocycles. The van der Waals surface area contributed by atoms with Crippen LogP contribution >= 0.6 is 7.14 Å². The highest BCUT2D eigenvalue weighted by atomic mass is 31.2. The van der Waals surface area contributed by atoms with Gasteiger partial charge < -0.3 is 4.57 Å². The molecule has 0 spiro atoms. The van der Waals surface area contributed by atoms with Crippen LogP contribution in [0.25, 0.3) is 65.3 Å². The average molecular weight is 631 g/mol. The topological polar surface area (TPSA) is 17.1 Å². The molecule has 1 nitrogen and oxygen atoms in total. The summed E-state index contributed by atoms with van der Waals surface area (Å²) in [6, 6.07) is 65.7. The van der Waals surface area contributed by atoms with Crippen LogP contribution in [-0.2, 0) is 4.57 Å². The average Bonchev–Trinajstić information content (AvgIpc) is 3.17. The molecule has 9 rings (SSSR count). The summed E-state index contributed by atoms with van der Waals surface area (Å²) in [6.45, 7) is 0. The van der Waals surface area contributed by atoms with Gasteiger partial charge in [-0.15, -0.1) is 0 Å². The van der Waals surface area contributed by atoms with Crippen LogP contribution in [0.15, 0.2) is 188 Å². The fourth-order valence-electron chi connectivity index (χ4n) is 7.39. The second-order valence-corrected chi connectivity index (χ2v) is 15.2. The molecule has 0 saturated heterocycles. The molecule has 0 amide bonds. The lowest BCUT2D eigenvalue weighted by molar-refractivity contribution is 0.592. The van der Waals surface area contributed by atoms with Gasteiger partial charge in [-0.05, 0) is 89.6 Å². The van der Waals surface area contributed by atoms with Gasteiger partial charge in [-0.2, -0.15) is 0 Å². The van der Waals surface area contributed by atoms with Gasteiger partial charge in [-0.1, -0.05) is 164 Å². The SMILES string of the molecule is O=P(c1ccccc1)(c1ccc2c(c1)cc(-c1ccccc1)c1ccccc12)c1ccc2c(c1)cc(-c1ccccc1)c1ccccc12. The normalized spacial score (nSPS) is 11.8. The van der Waals surface area contributed by atoms with Crippen molar-refractivity contribution in [2.75, 3.05) is 0 Å². The van der Waals surface area contributed by atoms with E-state index in [1.54, 1.807) is 0 Å². The first-order chi connectivity index (χ1) is 23.7. The fraction of sp³-hybridized carbons (Fsp3) is 0. The van der Waals surface area contributed by atoms with Crippen LogP contribution in [0, 0.1) is 0 Å². The first kappa shape index (κ1) is 28.5. The van der Waals surface area contributed by atoms with E-state index in [0.717, 1.165) is 37.5 Å². The Morgan fingerprint density at radius 2 is 0.667 bits per heavy atom. The molecule has 0 aliphatic heterocycles. The van der Waals surface area contributed by atoms with E-state index in [4.69, 9.17) is 0 Å². The van der Waals surface area contributed by atoms with Gasteiger partial charge >= 0.3 is 0 Å². The maximum atomic E-state index is 15.9. The summed E-state index contributed by atoms with van der Waals surface area (Å²) in [6.07, 6.45) is 0. The lowest BCUT2D eigenvalue weighted by Crippen LogP contribution is -2.25. The van der Waals surface area contributed by atoms with Crippen molar-refractivity contribution >= 4 is 66.1 Å². The molecule has 0 saturated carbocycles. The Labute approximate surface area is 280 Å². The highest BCUT2D eigenvalue weighted by molar-refractivity contribution is 7.85. The molecule has 226 valence electrons. The summed E-state index contributed by atoms with van der Waals surface area (Å²) in [5.41, 5.74) is 4.69. The Morgan fingerprint density at radius 3 is 1.10 bits per heavy atom. The second-order valence-electron chi connectivity index (χ2n) is 12.4. The van der Waals surface area contributed by atoms with Gasteiger partial charge in [0.25, 0.3) is 0 Å². The minimum atomic E-state index is -3.28. The van der Waals surface area contributed by atoms with Gasteiger partial charge in [0.1, 0.15) is 0 Å². The van der Waals surface area contributed by atoms with Crippen molar-refractivity contribution in [3.63, 3.8) is 0 Å². The van der Waals surface area contributed by atoms with E-state index in [0.29, 0.717) is 0 Å². The first-order valence-electron chi connectivity index (χ1n) is 16.4. The molecule has 0 aliphatic carbocycles. The number of hydrogen-bond acceptors (Lipinski definition) is 1. The van der Waals surface area contributed by atoms with Crippen molar-refractivity contribution < 1.29 is 4.57 Å². The van der Waals surface area contributed by atoms with Gasteiger partial charge in [0.05, 0.1) is 0 Å².